The monoisotopic (exact) mass is 474 g/mol. The first-order chi connectivity index (χ1) is 17.1. The Balaban J connectivity index is 1.55. The van der Waals surface area contributed by atoms with Gasteiger partial charge in [0.2, 0.25) is 5.91 Å². The maximum absolute atomic E-state index is 13.5. The molecule has 0 spiro atoms. The topological polar surface area (TPSA) is 67.9 Å². The maximum Gasteiger partial charge on any atom is 0.261 e. The van der Waals surface area contributed by atoms with E-state index in [2.05, 4.69) is 5.32 Å². The number of rotatable bonds is 10. The Morgan fingerprint density at radius 2 is 1.77 bits per heavy atom. The van der Waals surface area contributed by atoms with Gasteiger partial charge in [-0.05, 0) is 48.4 Å². The van der Waals surface area contributed by atoms with Crippen molar-refractivity contribution in [3.05, 3.63) is 72.3 Å². The number of carbonyl (C=O) groups excluding carboxylic acids is 2. The largest absolute Gasteiger partial charge is 0.497 e. The summed E-state index contributed by atoms with van der Waals surface area (Å²) in [5.74, 6) is 1.04. The Hall–Kier alpha value is -3.54. The number of amides is 2. The lowest BCUT2D eigenvalue weighted by molar-refractivity contribution is -0.143. The first-order valence-corrected chi connectivity index (χ1v) is 12.4. The highest BCUT2D eigenvalue weighted by Crippen LogP contribution is 2.26. The van der Waals surface area contributed by atoms with Gasteiger partial charge in [0.25, 0.3) is 5.91 Å². The predicted molar refractivity (Wildman–Crippen MR) is 137 cm³/mol. The molecule has 6 heteroatoms. The molecule has 0 aromatic heterocycles. The number of nitrogens with one attached hydrogen (secondary N) is 1. The zero-order valence-electron chi connectivity index (χ0n) is 20.5. The van der Waals surface area contributed by atoms with E-state index >= 15 is 0 Å². The molecule has 3 aromatic carbocycles. The average Bonchev–Trinajstić information content (AvgIpc) is 3.40. The van der Waals surface area contributed by atoms with Crippen LogP contribution in [0.3, 0.4) is 0 Å². The number of fused-ring (bicyclic) bond motifs is 1. The van der Waals surface area contributed by atoms with Gasteiger partial charge in [-0.15, -0.1) is 0 Å². The molecule has 0 heterocycles. The van der Waals surface area contributed by atoms with Gasteiger partial charge in [-0.2, -0.15) is 0 Å². The van der Waals surface area contributed by atoms with Crippen LogP contribution in [0, 0.1) is 0 Å². The van der Waals surface area contributed by atoms with E-state index in [4.69, 9.17) is 9.47 Å². The molecule has 0 unspecified atom stereocenters. The number of methoxy groups -OCH3 is 1. The molecule has 1 aliphatic carbocycles. The molecular weight excluding hydrogens is 440 g/mol. The van der Waals surface area contributed by atoms with Crippen molar-refractivity contribution in [3.8, 4) is 11.5 Å². The van der Waals surface area contributed by atoms with Crippen LogP contribution >= 0.6 is 0 Å². The van der Waals surface area contributed by atoms with Crippen LogP contribution in [0.5, 0.6) is 11.5 Å². The zero-order chi connectivity index (χ0) is 24.6. The molecule has 4 rings (SSSR count). The first kappa shape index (κ1) is 24.6. The fourth-order valence-electron chi connectivity index (χ4n) is 4.80. The van der Waals surface area contributed by atoms with Gasteiger partial charge in [0.05, 0.1) is 7.11 Å². The van der Waals surface area contributed by atoms with Crippen molar-refractivity contribution in [1.29, 1.82) is 0 Å². The van der Waals surface area contributed by atoms with E-state index in [1.54, 1.807) is 12.0 Å². The third kappa shape index (κ3) is 6.13. The van der Waals surface area contributed by atoms with Gasteiger partial charge >= 0.3 is 0 Å². The highest BCUT2D eigenvalue weighted by Gasteiger charge is 2.31. The second kappa shape index (κ2) is 11.7. The highest BCUT2D eigenvalue weighted by atomic mass is 16.5. The fraction of sp³-hybridized carbons (Fsp3) is 0.379. The number of hydrogen-bond acceptors (Lipinski definition) is 4. The van der Waals surface area contributed by atoms with E-state index in [0.717, 1.165) is 42.0 Å². The van der Waals surface area contributed by atoms with Gasteiger partial charge in [0, 0.05) is 18.0 Å². The Kier molecular flexibility index (Phi) is 8.24. The minimum atomic E-state index is -0.578. The predicted octanol–water partition coefficient (Wildman–Crippen LogP) is 5.09. The number of carbonyl (C=O) groups is 2. The Labute approximate surface area is 207 Å². The van der Waals surface area contributed by atoms with Gasteiger partial charge in [-0.3, -0.25) is 9.59 Å². The Morgan fingerprint density at radius 3 is 2.54 bits per heavy atom. The third-order valence-corrected chi connectivity index (χ3v) is 6.68. The molecule has 1 aliphatic rings. The number of hydrogen-bond donors (Lipinski definition) is 1. The number of nitrogens with zero attached hydrogens (tertiary/aromatic N) is 1. The lowest BCUT2D eigenvalue weighted by atomic mass is 10.1. The van der Waals surface area contributed by atoms with E-state index in [1.165, 1.54) is 0 Å². The van der Waals surface area contributed by atoms with Crippen LogP contribution in [-0.2, 0) is 16.1 Å². The summed E-state index contributed by atoms with van der Waals surface area (Å²) >= 11 is 0. The molecule has 1 saturated carbocycles. The van der Waals surface area contributed by atoms with Crippen molar-refractivity contribution in [2.24, 2.45) is 0 Å². The molecule has 0 aliphatic heterocycles. The summed E-state index contributed by atoms with van der Waals surface area (Å²) in [7, 11) is 1.62. The molecule has 3 aromatic rings. The van der Waals surface area contributed by atoms with Gasteiger partial charge in [0.1, 0.15) is 17.5 Å². The van der Waals surface area contributed by atoms with Crippen molar-refractivity contribution in [2.75, 3.05) is 13.7 Å². The van der Waals surface area contributed by atoms with Crippen LogP contribution in [-0.4, -0.2) is 42.5 Å². The van der Waals surface area contributed by atoms with Crippen molar-refractivity contribution in [3.63, 3.8) is 0 Å². The summed E-state index contributed by atoms with van der Waals surface area (Å²) in [6.07, 6.45) is 4.77. The van der Waals surface area contributed by atoms with Crippen LogP contribution in [0.15, 0.2) is 66.7 Å². The lowest BCUT2D eigenvalue weighted by Crippen LogP contribution is -2.52. The number of benzene rings is 3. The van der Waals surface area contributed by atoms with Gasteiger partial charge in [-0.1, -0.05) is 68.3 Å². The number of ether oxygens (including phenoxy) is 2. The smallest absolute Gasteiger partial charge is 0.261 e. The molecule has 0 bridgehead atoms. The zero-order valence-corrected chi connectivity index (χ0v) is 20.5. The Morgan fingerprint density at radius 1 is 1.03 bits per heavy atom. The highest BCUT2D eigenvalue weighted by molar-refractivity contribution is 5.90. The third-order valence-electron chi connectivity index (χ3n) is 6.68. The summed E-state index contributed by atoms with van der Waals surface area (Å²) in [4.78, 5) is 28.5. The molecule has 1 N–H and O–H groups in total. The van der Waals surface area contributed by atoms with E-state index in [1.807, 2.05) is 73.7 Å². The minimum Gasteiger partial charge on any atom is -0.497 e. The quantitative estimate of drug-likeness (QED) is 0.444. The Bertz CT molecular complexity index is 1150. The molecule has 0 radical (unpaired) electrons. The van der Waals surface area contributed by atoms with Crippen molar-refractivity contribution in [2.45, 2.75) is 57.7 Å². The average molecular weight is 475 g/mol. The van der Waals surface area contributed by atoms with Gasteiger partial charge in [0.15, 0.2) is 6.61 Å². The summed E-state index contributed by atoms with van der Waals surface area (Å²) in [6, 6.07) is 20.9. The summed E-state index contributed by atoms with van der Waals surface area (Å²) in [5.41, 5.74) is 0.898. The van der Waals surface area contributed by atoms with E-state index < -0.39 is 6.04 Å². The van der Waals surface area contributed by atoms with E-state index in [9.17, 15) is 9.59 Å². The molecule has 184 valence electrons. The summed E-state index contributed by atoms with van der Waals surface area (Å²) in [6.45, 7) is 2.09. The molecule has 1 atom stereocenters. The second-order valence-electron chi connectivity index (χ2n) is 9.05. The summed E-state index contributed by atoms with van der Waals surface area (Å²) in [5, 5.41) is 5.17. The molecule has 2 amide bonds. The van der Waals surface area contributed by atoms with Crippen LogP contribution < -0.4 is 14.8 Å². The first-order valence-electron chi connectivity index (χ1n) is 12.4. The fourth-order valence-corrected chi connectivity index (χ4v) is 4.80. The molecular formula is C29H34N2O4. The normalized spacial score (nSPS) is 14.5. The van der Waals surface area contributed by atoms with Gasteiger partial charge < -0.3 is 19.7 Å². The van der Waals surface area contributed by atoms with Crippen molar-refractivity contribution < 1.29 is 19.1 Å². The lowest BCUT2D eigenvalue weighted by Gasteiger charge is -2.31. The SMILES string of the molecule is CC[C@H](C(=O)NC1CCCC1)N(Cc1cccc(OC)c1)C(=O)COc1cccc2ccccc12. The molecule has 35 heavy (non-hydrogen) atoms. The summed E-state index contributed by atoms with van der Waals surface area (Å²) < 4.78 is 11.4. The second-order valence-corrected chi connectivity index (χ2v) is 9.05. The van der Waals surface area contributed by atoms with E-state index in [0.29, 0.717) is 24.5 Å². The standard InChI is InChI=1S/C29H34N2O4/c1-3-26(29(33)30-23-13-5-6-14-23)31(19-21-10-8-15-24(18-21)34-2)28(32)20-35-27-17-9-12-22-11-4-7-16-25(22)27/h4,7-12,15-18,23,26H,3,5-6,13-14,19-20H2,1-2H3,(H,30,33)/t26-/m1/s1. The molecule has 0 saturated heterocycles. The van der Waals surface area contributed by atoms with Crippen LogP contribution in [0.1, 0.15) is 44.6 Å². The van der Waals surface area contributed by atoms with Gasteiger partial charge in [-0.25, -0.2) is 0 Å². The minimum absolute atomic E-state index is 0.0965. The maximum atomic E-state index is 13.5. The van der Waals surface area contributed by atoms with Crippen molar-refractivity contribution >= 4 is 22.6 Å². The van der Waals surface area contributed by atoms with Crippen LogP contribution in [0.25, 0.3) is 10.8 Å². The molecule has 6 nitrogen and oxygen atoms in total. The van der Waals surface area contributed by atoms with Crippen molar-refractivity contribution in [1.82, 2.24) is 10.2 Å². The van der Waals surface area contributed by atoms with Crippen LogP contribution in [0.2, 0.25) is 0 Å². The van der Waals surface area contributed by atoms with E-state index in [-0.39, 0.29) is 24.5 Å². The van der Waals surface area contributed by atoms with Crippen LogP contribution in [0.4, 0.5) is 0 Å². The molecule has 1 fully saturated rings.